The van der Waals surface area contributed by atoms with E-state index in [0.29, 0.717) is 0 Å². The van der Waals surface area contributed by atoms with E-state index in [2.05, 4.69) is 6.92 Å². The predicted molar refractivity (Wildman–Crippen MR) is 49.4 cm³/mol. The Morgan fingerprint density at radius 3 is 2.38 bits per heavy atom. The van der Waals surface area contributed by atoms with Gasteiger partial charge in [0.1, 0.15) is 0 Å². The molecular weight excluding hydrogens is 187 g/mol. The molecule has 13 heavy (non-hydrogen) atoms. The van der Waals surface area contributed by atoms with Crippen LogP contribution in [0.1, 0.15) is 30.0 Å². The van der Waals surface area contributed by atoms with Crippen LogP contribution in [0.15, 0.2) is 12.1 Å². The summed E-state index contributed by atoms with van der Waals surface area (Å²) >= 11 is 0. The molecule has 1 aromatic carbocycles. The third kappa shape index (κ3) is 3.37. The van der Waals surface area contributed by atoms with Crippen molar-refractivity contribution in [3.8, 4) is 5.75 Å². The minimum Gasteiger partial charge on any atom is -0.872 e. The molecule has 0 heterocycles. The van der Waals surface area contributed by atoms with Gasteiger partial charge >= 0.3 is 51.4 Å². The zero-order valence-electron chi connectivity index (χ0n) is 8.98. The molecule has 1 aromatic rings. The molecule has 0 fully saturated rings. The summed E-state index contributed by atoms with van der Waals surface area (Å²) in [5, 5.41) is 11.4. The van der Waals surface area contributed by atoms with Crippen molar-refractivity contribution in [3.05, 3.63) is 28.8 Å². The van der Waals surface area contributed by atoms with Gasteiger partial charge in [-0.3, -0.25) is 0 Å². The summed E-state index contributed by atoms with van der Waals surface area (Å²) in [4.78, 5) is 0. The average Bonchev–Trinajstić information content (AvgIpc) is 2.06. The summed E-state index contributed by atoms with van der Waals surface area (Å²) in [6, 6.07) is 3.57. The predicted octanol–water partition coefficient (Wildman–Crippen LogP) is -0.666. The van der Waals surface area contributed by atoms with Crippen molar-refractivity contribution in [1.82, 2.24) is 0 Å². The van der Waals surface area contributed by atoms with Gasteiger partial charge in [0.25, 0.3) is 0 Å². The van der Waals surface area contributed by atoms with Crippen LogP contribution in [0.4, 0.5) is 0 Å². The molecule has 1 nitrogen and oxygen atoms in total. The van der Waals surface area contributed by atoms with Crippen LogP contribution < -0.4 is 56.5 Å². The minimum atomic E-state index is 0. The maximum absolute atomic E-state index is 11.4. The molecule has 1 rings (SSSR count). The van der Waals surface area contributed by atoms with Crippen molar-refractivity contribution in [2.75, 3.05) is 0 Å². The first-order valence-electron chi connectivity index (χ1n) is 4.43. The molecule has 0 unspecified atom stereocenters. The summed E-state index contributed by atoms with van der Waals surface area (Å²) in [5.74, 6) is 0.194. The third-order valence-electron chi connectivity index (χ3n) is 2.33. The summed E-state index contributed by atoms with van der Waals surface area (Å²) in [5.41, 5.74) is 3.39. The van der Waals surface area contributed by atoms with Gasteiger partial charge in [-0.25, -0.2) is 0 Å². The van der Waals surface area contributed by atoms with Crippen molar-refractivity contribution in [1.29, 1.82) is 0 Å². The fourth-order valence-corrected chi connectivity index (χ4v) is 1.41. The summed E-state index contributed by atoms with van der Waals surface area (Å²) in [6.07, 6.45) is 1.95. The molecule has 2 heteroatoms. The molecule has 0 amide bonds. The first kappa shape index (κ1) is 13.7. The monoisotopic (exact) mass is 202 g/mol. The topological polar surface area (TPSA) is 23.1 Å². The molecule has 66 valence electrons. The average molecular weight is 202 g/mol. The van der Waals surface area contributed by atoms with E-state index in [9.17, 15) is 5.11 Å². The van der Waals surface area contributed by atoms with Crippen LogP contribution in [0.2, 0.25) is 0 Å². The van der Waals surface area contributed by atoms with Crippen LogP contribution in [-0.4, -0.2) is 0 Å². The van der Waals surface area contributed by atoms with Crippen molar-refractivity contribution >= 4 is 0 Å². The van der Waals surface area contributed by atoms with Crippen LogP contribution >= 0.6 is 0 Å². The fourth-order valence-electron chi connectivity index (χ4n) is 1.41. The SMILES string of the molecule is CCCc1c([O-])ccc(C)c1C.[K+]. The van der Waals surface area contributed by atoms with Crippen LogP contribution in [0.5, 0.6) is 5.75 Å². The van der Waals surface area contributed by atoms with Gasteiger partial charge in [-0.2, -0.15) is 0 Å². The van der Waals surface area contributed by atoms with Gasteiger partial charge in [0.15, 0.2) is 0 Å². The van der Waals surface area contributed by atoms with Gasteiger partial charge in [0.2, 0.25) is 0 Å². The van der Waals surface area contributed by atoms with Crippen LogP contribution in [-0.2, 0) is 6.42 Å². The largest absolute Gasteiger partial charge is 1.00 e. The third-order valence-corrected chi connectivity index (χ3v) is 2.33. The molecule has 0 spiro atoms. The summed E-state index contributed by atoms with van der Waals surface area (Å²) in [6.45, 7) is 6.18. The van der Waals surface area contributed by atoms with Crippen molar-refractivity contribution in [3.63, 3.8) is 0 Å². The Labute approximate surface area is 123 Å². The maximum Gasteiger partial charge on any atom is 1.00 e. The summed E-state index contributed by atoms with van der Waals surface area (Å²) < 4.78 is 0. The fraction of sp³-hybridized carbons (Fsp3) is 0.455. The van der Waals surface area contributed by atoms with Crippen LogP contribution in [0.3, 0.4) is 0 Å². The molecule has 0 aliphatic carbocycles. The second kappa shape index (κ2) is 6.20. The second-order valence-corrected chi connectivity index (χ2v) is 3.23. The Bertz CT molecular complexity index is 282. The summed E-state index contributed by atoms with van der Waals surface area (Å²) in [7, 11) is 0. The van der Waals surface area contributed by atoms with Gasteiger partial charge < -0.3 is 5.11 Å². The van der Waals surface area contributed by atoms with Crippen LogP contribution in [0.25, 0.3) is 0 Å². The quantitative estimate of drug-likeness (QED) is 0.584. The first-order chi connectivity index (χ1) is 5.66. The second-order valence-electron chi connectivity index (χ2n) is 3.23. The van der Waals surface area contributed by atoms with E-state index in [-0.39, 0.29) is 57.1 Å². The van der Waals surface area contributed by atoms with Gasteiger partial charge in [0.05, 0.1) is 0 Å². The number of aryl methyl sites for hydroxylation is 1. The molecule has 0 radical (unpaired) electrons. The molecule has 0 aliphatic heterocycles. The van der Waals surface area contributed by atoms with E-state index >= 15 is 0 Å². The van der Waals surface area contributed by atoms with E-state index in [4.69, 9.17) is 0 Å². The van der Waals surface area contributed by atoms with E-state index in [1.54, 1.807) is 6.07 Å². The Kier molecular flexibility index (Phi) is 6.51. The van der Waals surface area contributed by atoms with E-state index in [0.717, 1.165) is 18.4 Å². The Morgan fingerprint density at radius 2 is 1.85 bits per heavy atom. The van der Waals surface area contributed by atoms with Gasteiger partial charge in [-0.1, -0.05) is 31.0 Å². The molecule has 0 aromatic heterocycles. The molecule has 0 aliphatic rings. The minimum absolute atomic E-state index is 0. The van der Waals surface area contributed by atoms with Gasteiger partial charge in [-0.05, 0) is 31.4 Å². The van der Waals surface area contributed by atoms with E-state index < -0.39 is 0 Å². The number of rotatable bonds is 2. The smallest absolute Gasteiger partial charge is 0.872 e. The number of hydrogen-bond acceptors (Lipinski definition) is 1. The molecule has 0 saturated carbocycles. The van der Waals surface area contributed by atoms with E-state index in [1.165, 1.54) is 11.1 Å². The maximum atomic E-state index is 11.4. The zero-order valence-corrected chi connectivity index (χ0v) is 12.1. The van der Waals surface area contributed by atoms with Crippen molar-refractivity contribution < 1.29 is 56.5 Å². The Morgan fingerprint density at radius 1 is 1.23 bits per heavy atom. The number of benzene rings is 1. The molecule has 0 atom stereocenters. The normalized spacial score (nSPS) is 9.46. The zero-order chi connectivity index (χ0) is 9.14. The Hall–Kier alpha value is 0.656. The van der Waals surface area contributed by atoms with E-state index in [1.807, 2.05) is 19.9 Å². The molecule has 0 saturated heterocycles. The van der Waals surface area contributed by atoms with Crippen molar-refractivity contribution in [2.45, 2.75) is 33.6 Å². The van der Waals surface area contributed by atoms with Gasteiger partial charge in [0, 0.05) is 0 Å². The standard InChI is InChI=1S/C11H16O.K/c1-4-5-10-9(3)8(2)6-7-11(10)12;/h6-7,12H,4-5H2,1-3H3;/q;+1/p-1. The van der Waals surface area contributed by atoms with Gasteiger partial charge in [-0.15, -0.1) is 5.75 Å². The molecular formula is C11H15KO. The van der Waals surface area contributed by atoms with Crippen LogP contribution in [0, 0.1) is 13.8 Å². The van der Waals surface area contributed by atoms with Crippen molar-refractivity contribution in [2.24, 2.45) is 0 Å². The number of hydrogen-bond donors (Lipinski definition) is 0. The molecule has 0 N–H and O–H groups in total. The molecule has 0 bridgehead atoms. The first-order valence-corrected chi connectivity index (χ1v) is 4.43. The Balaban J connectivity index is 0.00000144.